The van der Waals surface area contributed by atoms with Crippen LogP contribution in [0.1, 0.15) is 34.3 Å². The largest absolute Gasteiger partial charge is 0.494 e. The predicted molar refractivity (Wildman–Crippen MR) is 90.3 cm³/mol. The average molecular weight is 309 g/mol. The number of aromatic amines is 1. The smallest absolute Gasteiger partial charge is 0.338 e. The summed E-state index contributed by atoms with van der Waals surface area (Å²) < 4.78 is 10.7. The first-order chi connectivity index (χ1) is 11.2. The van der Waals surface area contributed by atoms with Crippen LogP contribution in [-0.2, 0) is 17.6 Å². The van der Waals surface area contributed by atoms with Gasteiger partial charge in [-0.1, -0.05) is 6.07 Å². The van der Waals surface area contributed by atoms with Crippen molar-refractivity contribution in [1.82, 2.24) is 4.98 Å². The van der Waals surface area contributed by atoms with E-state index in [0.29, 0.717) is 5.56 Å². The average Bonchev–Trinajstić information content (AvgIpc) is 2.97. The van der Waals surface area contributed by atoms with Gasteiger partial charge in [-0.25, -0.2) is 4.79 Å². The van der Waals surface area contributed by atoms with Crippen LogP contribution in [0.15, 0.2) is 24.3 Å². The summed E-state index contributed by atoms with van der Waals surface area (Å²) >= 11 is 0. The molecule has 1 aliphatic carbocycles. The molecule has 0 radical (unpaired) electrons. The molecule has 4 rings (SSSR count). The number of aryl methyl sites for hydroxylation is 1. The van der Waals surface area contributed by atoms with Crippen LogP contribution in [0.2, 0.25) is 0 Å². The molecule has 0 bridgehead atoms. The van der Waals surface area contributed by atoms with E-state index in [1.165, 1.54) is 31.1 Å². The summed E-state index contributed by atoms with van der Waals surface area (Å²) in [6.45, 7) is 0. The number of fused-ring (bicyclic) bond motifs is 4. The van der Waals surface area contributed by atoms with E-state index in [1.54, 1.807) is 7.11 Å². The zero-order chi connectivity index (χ0) is 16.0. The highest BCUT2D eigenvalue weighted by Crippen LogP contribution is 2.40. The van der Waals surface area contributed by atoms with Gasteiger partial charge in [0.2, 0.25) is 0 Å². The zero-order valence-electron chi connectivity index (χ0n) is 13.4. The van der Waals surface area contributed by atoms with E-state index in [-0.39, 0.29) is 5.97 Å². The molecule has 1 heterocycles. The number of nitrogens with one attached hydrogen (secondary N) is 1. The molecule has 4 nitrogen and oxygen atoms in total. The van der Waals surface area contributed by atoms with Crippen molar-refractivity contribution in [2.45, 2.75) is 25.7 Å². The molecular weight excluding hydrogens is 290 g/mol. The number of rotatable bonds is 2. The Hall–Kier alpha value is -2.49. The molecule has 0 fully saturated rings. The third kappa shape index (κ3) is 2.01. The first kappa shape index (κ1) is 14.1. The number of benzene rings is 2. The number of carbonyl (C=O) groups is 1. The Bertz CT molecular complexity index is 923. The summed E-state index contributed by atoms with van der Waals surface area (Å²) in [5.41, 5.74) is 5.13. The molecule has 118 valence electrons. The van der Waals surface area contributed by atoms with Gasteiger partial charge in [-0.2, -0.15) is 0 Å². The van der Waals surface area contributed by atoms with Crippen molar-refractivity contribution < 1.29 is 14.3 Å². The van der Waals surface area contributed by atoms with Gasteiger partial charge in [0.25, 0.3) is 0 Å². The minimum absolute atomic E-state index is 0.312. The molecule has 0 saturated carbocycles. The summed E-state index contributed by atoms with van der Waals surface area (Å²) in [6, 6.07) is 7.89. The third-order valence-corrected chi connectivity index (χ3v) is 4.80. The van der Waals surface area contributed by atoms with Gasteiger partial charge >= 0.3 is 5.97 Å². The van der Waals surface area contributed by atoms with Crippen LogP contribution >= 0.6 is 0 Å². The van der Waals surface area contributed by atoms with Gasteiger partial charge in [-0.05, 0) is 55.0 Å². The van der Waals surface area contributed by atoms with Crippen molar-refractivity contribution in [3.63, 3.8) is 0 Å². The second kappa shape index (κ2) is 5.30. The Labute approximate surface area is 134 Å². The molecule has 1 N–H and O–H groups in total. The Kier molecular flexibility index (Phi) is 3.26. The van der Waals surface area contributed by atoms with Crippen LogP contribution < -0.4 is 4.74 Å². The lowest BCUT2D eigenvalue weighted by Crippen LogP contribution is -2.05. The topological polar surface area (TPSA) is 51.3 Å². The minimum atomic E-state index is -0.312. The molecule has 0 aliphatic heterocycles. The van der Waals surface area contributed by atoms with Gasteiger partial charge < -0.3 is 14.5 Å². The fourth-order valence-corrected chi connectivity index (χ4v) is 3.77. The van der Waals surface area contributed by atoms with Gasteiger partial charge in [0.05, 0.1) is 25.3 Å². The molecule has 0 atom stereocenters. The van der Waals surface area contributed by atoms with Crippen LogP contribution in [0.4, 0.5) is 0 Å². The molecule has 0 amide bonds. The van der Waals surface area contributed by atoms with Crippen molar-refractivity contribution in [3.05, 3.63) is 41.0 Å². The summed E-state index contributed by atoms with van der Waals surface area (Å²) in [5, 5.41) is 1.96. The molecule has 4 heteroatoms. The van der Waals surface area contributed by atoms with Crippen molar-refractivity contribution in [2.75, 3.05) is 14.2 Å². The quantitative estimate of drug-likeness (QED) is 0.728. The number of esters is 1. The number of hydrogen-bond acceptors (Lipinski definition) is 3. The van der Waals surface area contributed by atoms with Crippen molar-refractivity contribution in [3.8, 4) is 5.75 Å². The lowest BCUT2D eigenvalue weighted by atomic mass is 9.89. The number of methoxy groups -OCH3 is 2. The molecule has 0 spiro atoms. The maximum atomic E-state index is 12.1. The van der Waals surface area contributed by atoms with Crippen molar-refractivity contribution in [1.29, 1.82) is 0 Å². The fraction of sp³-hybridized carbons (Fsp3) is 0.316. The third-order valence-electron chi connectivity index (χ3n) is 4.80. The molecule has 0 unspecified atom stereocenters. The van der Waals surface area contributed by atoms with Crippen LogP contribution in [0, 0.1) is 0 Å². The van der Waals surface area contributed by atoms with E-state index >= 15 is 0 Å². The second-order valence-electron chi connectivity index (χ2n) is 6.02. The number of ether oxygens (including phenoxy) is 2. The first-order valence-corrected chi connectivity index (χ1v) is 7.96. The van der Waals surface area contributed by atoms with Crippen LogP contribution in [0.5, 0.6) is 5.75 Å². The zero-order valence-corrected chi connectivity index (χ0v) is 13.4. The summed E-state index contributed by atoms with van der Waals surface area (Å²) in [5.74, 6) is 0.609. The predicted octanol–water partition coefficient (Wildman–Crippen LogP) is 4.00. The van der Waals surface area contributed by atoms with E-state index in [9.17, 15) is 4.79 Å². The lowest BCUT2D eigenvalue weighted by molar-refractivity contribution is 0.0603. The van der Waals surface area contributed by atoms with E-state index in [1.807, 2.05) is 18.2 Å². The standard InChI is InChI=1S/C19H19NO3/c1-22-18-12-7-4-3-6-11(12)10-14-16-13(19(21)23-2)8-5-9-15(16)20-17(14)18/h5,8-10,20H,3-4,6-7H2,1-2H3. The number of aromatic nitrogens is 1. The summed E-state index contributed by atoms with van der Waals surface area (Å²) in [4.78, 5) is 15.6. The SMILES string of the molecule is COC(=O)c1cccc2[nH]c3c(OC)c4c(cc3c12)CCCC4. The highest BCUT2D eigenvalue weighted by Gasteiger charge is 2.22. The minimum Gasteiger partial charge on any atom is -0.494 e. The maximum absolute atomic E-state index is 12.1. The highest BCUT2D eigenvalue weighted by molar-refractivity contribution is 6.18. The maximum Gasteiger partial charge on any atom is 0.338 e. The Morgan fingerprint density at radius 1 is 1.17 bits per heavy atom. The van der Waals surface area contributed by atoms with Gasteiger partial charge in [-0.15, -0.1) is 0 Å². The van der Waals surface area contributed by atoms with Crippen molar-refractivity contribution in [2.24, 2.45) is 0 Å². The molecule has 1 aromatic heterocycles. The van der Waals surface area contributed by atoms with Gasteiger partial charge in [-0.3, -0.25) is 0 Å². The molecule has 23 heavy (non-hydrogen) atoms. The highest BCUT2D eigenvalue weighted by atomic mass is 16.5. The van der Waals surface area contributed by atoms with Crippen LogP contribution in [0.25, 0.3) is 21.8 Å². The second-order valence-corrected chi connectivity index (χ2v) is 6.02. The Morgan fingerprint density at radius 3 is 2.78 bits per heavy atom. The van der Waals surface area contributed by atoms with Gasteiger partial charge in [0, 0.05) is 16.3 Å². The van der Waals surface area contributed by atoms with Crippen molar-refractivity contribution >= 4 is 27.8 Å². The lowest BCUT2D eigenvalue weighted by Gasteiger charge is -2.19. The molecule has 2 aromatic carbocycles. The number of H-pyrrole nitrogens is 1. The van der Waals surface area contributed by atoms with E-state index in [4.69, 9.17) is 9.47 Å². The summed E-state index contributed by atoms with van der Waals surface area (Å²) in [7, 11) is 3.13. The Balaban J connectivity index is 2.13. The summed E-state index contributed by atoms with van der Waals surface area (Å²) in [6.07, 6.45) is 4.51. The first-order valence-electron chi connectivity index (χ1n) is 7.96. The normalized spacial score (nSPS) is 14.0. The monoisotopic (exact) mass is 309 g/mol. The fourth-order valence-electron chi connectivity index (χ4n) is 3.77. The van der Waals surface area contributed by atoms with Gasteiger partial charge in [0.1, 0.15) is 5.75 Å². The van der Waals surface area contributed by atoms with E-state index in [2.05, 4.69) is 11.1 Å². The molecule has 3 aromatic rings. The molecule has 1 aliphatic rings. The van der Waals surface area contributed by atoms with E-state index in [0.717, 1.165) is 40.4 Å². The van der Waals surface area contributed by atoms with Crippen LogP contribution in [-0.4, -0.2) is 25.2 Å². The molecular formula is C19H19NO3. The number of hydrogen-bond donors (Lipinski definition) is 1. The van der Waals surface area contributed by atoms with Gasteiger partial charge in [0.15, 0.2) is 0 Å². The Morgan fingerprint density at radius 2 is 2.00 bits per heavy atom. The molecule has 0 saturated heterocycles. The van der Waals surface area contributed by atoms with E-state index < -0.39 is 0 Å². The van der Waals surface area contributed by atoms with Crippen LogP contribution in [0.3, 0.4) is 0 Å². The number of carbonyl (C=O) groups excluding carboxylic acids is 1.